The van der Waals surface area contributed by atoms with Crippen LogP contribution in [0.1, 0.15) is 65.7 Å². The van der Waals surface area contributed by atoms with Crippen molar-refractivity contribution in [2.45, 2.75) is 65.7 Å². The van der Waals surface area contributed by atoms with Gasteiger partial charge in [-0.15, -0.1) is 6.42 Å². The van der Waals surface area contributed by atoms with E-state index in [4.69, 9.17) is 17.2 Å². The minimum atomic E-state index is -0.125. The Bertz CT molecular complexity index is 164. The SMILES string of the molecule is CCCC[NH-].CCCC[NH-].CCCC[NH-].[C-]1=CC=CC1.[F][GeH2].[Zr+4]. The van der Waals surface area contributed by atoms with E-state index in [1.54, 1.807) is 0 Å². The van der Waals surface area contributed by atoms with Crippen molar-refractivity contribution in [1.29, 1.82) is 0 Å². The van der Waals surface area contributed by atoms with Crippen LogP contribution >= 0.6 is 0 Å². The van der Waals surface area contributed by atoms with Crippen molar-refractivity contribution >= 4 is 17.0 Å². The molecule has 1 radical (unpaired) electrons. The molecule has 0 aromatic rings. The molecule has 23 heavy (non-hydrogen) atoms. The second-order valence-electron chi connectivity index (χ2n) is 4.31. The van der Waals surface area contributed by atoms with E-state index in [0.717, 1.165) is 44.9 Å². The predicted octanol–water partition coefficient (Wildman–Crippen LogP) is 6.32. The van der Waals surface area contributed by atoms with Crippen LogP contribution in [0.4, 0.5) is 3.50 Å². The number of allylic oxidation sites excluding steroid dienone is 4. The summed E-state index contributed by atoms with van der Waals surface area (Å²) in [5.41, 5.74) is 19.8. The third-order valence-corrected chi connectivity index (χ3v) is 2.18. The molecule has 0 bridgehead atoms. The smallest absolute Gasteiger partial charge is 4.00 e. The van der Waals surface area contributed by atoms with Gasteiger partial charge in [-0.2, -0.15) is 25.7 Å². The van der Waals surface area contributed by atoms with Crippen LogP contribution in [0.25, 0.3) is 17.2 Å². The molecule has 135 valence electrons. The van der Waals surface area contributed by atoms with Crippen molar-refractivity contribution in [2.75, 3.05) is 19.6 Å². The van der Waals surface area contributed by atoms with Crippen molar-refractivity contribution in [3.05, 3.63) is 41.5 Å². The van der Waals surface area contributed by atoms with Gasteiger partial charge in [0.25, 0.3) is 0 Å². The molecule has 0 aliphatic heterocycles. The van der Waals surface area contributed by atoms with E-state index < -0.39 is 0 Å². The summed E-state index contributed by atoms with van der Waals surface area (Å²) in [5.74, 6) is 0. The van der Waals surface area contributed by atoms with Crippen molar-refractivity contribution < 1.29 is 29.7 Å². The van der Waals surface area contributed by atoms with Gasteiger partial charge in [-0.05, 0) is 0 Å². The summed E-state index contributed by atoms with van der Waals surface area (Å²) < 4.78 is 9.62. The zero-order chi connectivity index (χ0) is 17.9. The molecular formula is C17H37FGeN3Zr. The molecule has 3 N–H and O–H groups in total. The number of nitrogens with one attached hydrogen (secondary N) is 3. The average molecular weight is 466 g/mol. The van der Waals surface area contributed by atoms with Crippen LogP contribution in [0.3, 0.4) is 0 Å². The molecule has 0 heterocycles. The van der Waals surface area contributed by atoms with Crippen LogP contribution in [-0.4, -0.2) is 36.6 Å². The Balaban J connectivity index is -0.0000000595. The number of hydrogen-bond donors (Lipinski definition) is 0. The van der Waals surface area contributed by atoms with E-state index in [1.807, 2.05) is 12.2 Å². The maximum absolute atomic E-state index is 9.62. The second-order valence-corrected chi connectivity index (χ2v) is 4.31. The molecule has 3 nitrogen and oxygen atoms in total. The Morgan fingerprint density at radius 1 is 0.870 bits per heavy atom. The van der Waals surface area contributed by atoms with Crippen molar-refractivity contribution in [2.24, 2.45) is 0 Å². The van der Waals surface area contributed by atoms with Gasteiger partial charge in [0.1, 0.15) is 0 Å². The van der Waals surface area contributed by atoms with Crippen LogP contribution in [0.5, 0.6) is 0 Å². The maximum atomic E-state index is 9.62. The third-order valence-electron chi connectivity index (χ3n) is 2.18. The first-order valence-corrected chi connectivity index (χ1v) is 9.29. The fourth-order valence-corrected chi connectivity index (χ4v) is 0.871. The Labute approximate surface area is 172 Å². The minimum Gasteiger partial charge on any atom is 4.00 e. The topological polar surface area (TPSA) is 71.4 Å². The first kappa shape index (κ1) is 34.9. The summed E-state index contributed by atoms with van der Waals surface area (Å²) in [6.45, 7) is 8.06. The molecule has 0 saturated carbocycles. The Morgan fingerprint density at radius 2 is 1.22 bits per heavy atom. The Hall–Kier alpha value is 0.716. The van der Waals surface area contributed by atoms with Crippen molar-refractivity contribution in [3.63, 3.8) is 0 Å². The number of hydrogen-bond acceptors (Lipinski definition) is 0. The van der Waals surface area contributed by atoms with E-state index in [9.17, 15) is 3.50 Å². The zero-order valence-corrected chi connectivity index (χ0v) is 20.8. The summed E-state index contributed by atoms with van der Waals surface area (Å²) in [4.78, 5) is 0. The van der Waals surface area contributed by atoms with Crippen LogP contribution in [-0.2, 0) is 26.2 Å². The van der Waals surface area contributed by atoms with Gasteiger partial charge < -0.3 is 17.2 Å². The molecule has 0 amide bonds. The normalized spacial score (nSPS) is 9.57. The van der Waals surface area contributed by atoms with Gasteiger partial charge in [0, 0.05) is 0 Å². The average Bonchev–Trinajstić information content (AvgIpc) is 3.13. The van der Waals surface area contributed by atoms with Gasteiger partial charge in [0.05, 0.1) is 0 Å². The monoisotopic (exact) mass is 466 g/mol. The van der Waals surface area contributed by atoms with Gasteiger partial charge in [0.2, 0.25) is 0 Å². The molecule has 0 fully saturated rings. The van der Waals surface area contributed by atoms with Crippen LogP contribution in [0.15, 0.2) is 18.2 Å². The number of halogens is 1. The van der Waals surface area contributed by atoms with Gasteiger partial charge in [0.15, 0.2) is 0 Å². The number of unbranched alkanes of at least 4 members (excludes halogenated alkanes) is 3. The second kappa shape index (κ2) is 49.5. The Kier molecular flexibility index (Phi) is 75.1. The molecule has 1 aliphatic rings. The standard InChI is InChI=1S/C5H5.3C4H10N.FGeH2.Zr/c1-2-4-5-3-1;3*1-2-3-4-5;1-2;/h1-3H,4H2;3*5H,2-4H2,1H3;2H2;/q4*-1;;+4. The third kappa shape index (κ3) is 71.0. The summed E-state index contributed by atoms with van der Waals surface area (Å²) in [7, 11) is 0. The van der Waals surface area contributed by atoms with Crippen molar-refractivity contribution in [3.8, 4) is 0 Å². The van der Waals surface area contributed by atoms with E-state index >= 15 is 0 Å². The van der Waals surface area contributed by atoms with E-state index in [2.05, 4.69) is 32.9 Å². The summed E-state index contributed by atoms with van der Waals surface area (Å²) in [6.07, 6.45) is 16.6. The zero-order valence-electron chi connectivity index (χ0n) is 15.4. The maximum Gasteiger partial charge on any atom is 4.00 e. The molecule has 0 atom stereocenters. The summed E-state index contributed by atoms with van der Waals surface area (Å²) in [5, 5.41) is 0. The van der Waals surface area contributed by atoms with Gasteiger partial charge >= 0.3 is 46.7 Å². The van der Waals surface area contributed by atoms with E-state index in [0.29, 0.717) is 19.6 Å². The largest absolute Gasteiger partial charge is 4.00 e. The number of rotatable bonds is 6. The molecule has 1 aliphatic carbocycles. The molecule has 0 spiro atoms. The minimum absolute atomic E-state index is 0. The van der Waals surface area contributed by atoms with E-state index in [1.165, 1.54) is 0 Å². The molecule has 6 heteroatoms. The molecule has 0 unspecified atom stereocenters. The first-order valence-electron chi connectivity index (χ1n) is 8.17. The Morgan fingerprint density at radius 3 is 1.26 bits per heavy atom. The molecule has 0 aromatic heterocycles. The predicted molar refractivity (Wildman–Crippen MR) is 104 cm³/mol. The van der Waals surface area contributed by atoms with Gasteiger partial charge in [-0.25, -0.2) is 12.2 Å². The first-order chi connectivity index (χ1) is 10.7. The van der Waals surface area contributed by atoms with E-state index in [-0.39, 0.29) is 43.2 Å². The summed E-state index contributed by atoms with van der Waals surface area (Å²) in [6, 6.07) is 0. The van der Waals surface area contributed by atoms with Gasteiger partial charge in [-0.1, -0.05) is 59.3 Å². The fourth-order valence-electron chi connectivity index (χ4n) is 0.871. The fraction of sp³-hybridized carbons (Fsp3) is 0.765. The van der Waals surface area contributed by atoms with Crippen LogP contribution in [0, 0.1) is 6.08 Å². The van der Waals surface area contributed by atoms with Crippen LogP contribution < -0.4 is 0 Å². The van der Waals surface area contributed by atoms with Gasteiger partial charge in [-0.3, -0.25) is 6.08 Å². The quantitative estimate of drug-likeness (QED) is 0.325. The molecule has 1 rings (SSSR count). The molecule has 0 saturated heterocycles. The molecular weight excluding hydrogens is 429 g/mol. The van der Waals surface area contributed by atoms with Crippen molar-refractivity contribution in [1.82, 2.24) is 0 Å². The molecule has 0 aromatic carbocycles. The van der Waals surface area contributed by atoms with Crippen LogP contribution in [0.2, 0.25) is 0 Å². The summed E-state index contributed by atoms with van der Waals surface area (Å²) >= 11 is -0.125.